The summed E-state index contributed by atoms with van der Waals surface area (Å²) < 4.78 is 0. The van der Waals surface area contributed by atoms with E-state index in [-0.39, 0.29) is 0 Å². The summed E-state index contributed by atoms with van der Waals surface area (Å²) >= 11 is 5.95. The third-order valence-corrected chi connectivity index (χ3v) is 3.16. The molecule has 0 unspecified atom stereocenters. The number of hydrogen-bond donors (Lipinski definition) is 1. The second kappa shape index (κ2) is 4.97. The Balaban J connectivity index is 2.26. The van der Waals surface area contributed by atoms with Gasteiger partial charge in [0, 0.05) is 24.8 Å². The van der Waals surface area contributed by atoms with Crippen molar-refractivity contribution < 1.29 is 0 Å². The van der Waals surface area contributed by atoms with E-state index < -0.39 is 0 Å². The van der Waals surface area contributed by atoms with Crippen LogP contribution in [0.4, 0.5) is 5.95 Å². The van der Waals surface area contributed by atoms with Gasteiger partial charge in [0.05, 0.1) is 0 Å². The molecule has 2 N–H and O–H groups in total. The molecule has 2 rings (SSSR count). The number of hydrogen-bond acceptors (Lipinski definition) is 4. The lowest BCUT2D eigenvalue weighted by Crippen LogP contribution is -2.45. The second-order valence-electron chi connectivity index (χ2n) is 4.21. The smallest absolute Gasteiger partial charge is 0.227 e. The van der Waals surface area contributed by atoms with Crippen molar-refractivity contribution in [2.24, 2.45) is 5.73 Å². The number of piperidine rings is 1. The SMILES string of the molecule is Cc1cc(Cl)nc(N2CCCC[C@H]2CN)n1. The van der Waals surface area contributed by atoms with Gasteiger partial charge in [0.15, 0.2) is 0 Å². The number of rotatable bonds is 2. The predicted octanol–water partition coefficient (Wildman–Crippen LogP) is 1.76. The first-order chi connectivity index (χ1) is 7.70. The Bertz CT molecular complexity index is 349. The lowest BCUT2D eigenvalue weighted by molar-refractivity contribution is 0.458. The van der Waals surface area contributed by atoms with Crippen LogP contribution in [-0.2, 0) is 0 Å². The number of aryl methyl sites for hydroxylation is 1. The molecule has 2 heterocycles. The van der Waals surface area contributed by atoms with E-state index >= 15 is 0 Å². The molecular weight excluding hydrogens is 224 g/mol. The zero-order valence-electron chi connectivity index (χ0n) is 9.49. The summed E-state index contributed by atoms with van der Waals surface area (Å²) in [6.07, 6.45) is 3.52. The van der Waals surface area contributed by atoms with Gasteiger partial charge < -0.3 is 10.6 Å². The Morgan fingerprint density at radius 2 is 2.31 bits per heavy atom. The van der Waals surface area contributed by atoms with Crippen LogP contribution in [0.15, 0.2) is 6.07 Å². The fourth-order valence-corrected chi connectivity index (χ4v) is 2.39. The molecule has 1 fully saturated rings. The fraction of sp³-hybridized carbons (Fsp3) is 0.636. The second-order valence-corrected chi connectivity index (χ2v) is 4.60. The normalized spacial score (nSPS) is 21.2. The Morgan fingerprint density at radius 1 is 1.50 bits per heavy atom. The fourth-order valence-electron chi connectivity index (χ4n) is 2.15. The summed E-state index contributed by atoms with van der Waals surface area (Å²) in [7, 11) is 0. The van der Waals surface area contributed by atoms with Gasteiger partial charge in [-0.25, -0.2) is 9.97 Å². The Morgan fingerprint density at radius 3 is 3.00 bits per heavy atom. The van der Waals surface area contributed by atoms with Crippen molar-refractivity contribution in [1.82, 2.24) is 9.97 Å². The molecule has 1 aliphatic rings. The number of nitrogens with two attached hydrogens (primary N) is 1. The minimum Gasteiger partial charge on any atom is -0.337 e. The van der Waals surface area contributed by atoms with Crippen molar-refractivity contribution in [3.8, 4) is 0 Å². The molecule has 88 valence electrons. The molecule has 1 aliphatic heterocycles. The summed E-state index contributed by atoms with van der Waals surface area (Å²) in [6.45, 7) is 3.55. The van der Waals surface area contributed by atoms with Gasteiger partial charge in [-0.1, -0.05) is 11.6 Å². The van der Waals surface area contributed by atoms with E-state index in [2.05, 4.69) is 14.9 Å². The van der Waals surface area contributed by atoms with Crippen LogP contribution >= 0.6 is 11.6 Å². The maximum Gasteiger partial charge on any atom is 0.227 e. The van der Waals surface area contributed by atoms with Crippen LogP contribution in [0.3, 0.4) is 0 Å². The van der Waals surface area contributed by atoms with Gasteiger partial charge in [0.2, 0.25) is 5.95 Å². The Hall–Kier alpha value is -0.870. The zero-order chi connectivity index (χ0) is 11.5. The molecule has 1 saturated heterocycles. The van der Waals surface area contributed by atoms with Crippen molar-refractivity contribution >= 4 is 17.5 Å². The van der Waals surface area contributed by atoms with Crippen LogP contribution in [0, 0.1) is 6.92 Å². The van der Waals surface area contributed by atoms with Crippen LogP contribution in [0.25, 0.3) is 0 Å². The van der Waals surface area contributed by atoms with Gasteiger partial charge >= 0.3 is 0 Å². The van der Waals surface area contributed by atoms with Crippen molar-refractivity contribution in [3.05, 3.63) is 16.9 Å². The van der Waals surface area contributed by atoms with Crippen LogP contribution < -0.4 is 10.6 Å². The van der Waals surface area contributed by atoms with Crippen molar-refractivity contribution in [2.45, 2.75) is 32.2 Å². The van der Waals surface area contributed by atoms with Crippen molar-refractivity contribution in [1.29, 1.82) is 0 Å². The molecule has 0 aromatic carbocycles. The van der Waals surface area contributed by atoms with Gasteiger partial charge in [-0.15, -0.1) is 0 Å². The quantitative estimate of drug-likeness (QED) is 0.801. The highest BCUT2D eigenvalue weighted by Crippen LogP contribution is 2.22. The van der Waals surface area contributed by atoms with E-state index in [9.17, 15) is 0 Å². The van der Waals surface area contributed by atoms with Crippen molar-refractivity contribution in [2.75, 3.05) is 18.0 Å². The summed E-state index contributed by atoms with van der Waals surface area (Å²) in [5, 5.41) is 0.504. The molecule has 1 aromatic heterocycles. The summed E-state index contributed by atoms with van der Waals surface area (Å²) in [5.74, 6) is 0.722. The standard InChI is InChI=1S/C11H17ClN4/c1-8-6-10(12)15-11(14-8)16-5-3-2-4-9(16)7-13/h6,9H,2-5,7,13H2,1H3/t9-/m0/s1. The molecule has 0 amide bonds. The summed E-state index contributed by atoms with van der Waals surface area (Å²) in [6, 6.07) is 2.12. The average Bonchev–Trinajstić information content (AvgIpc) is 2.27. The molecule has 0 saturated carbocycles. The highest BCUT2D eigenvalue weighted by molar-refractivity contribution is 6.29. The first kappa shape index (κ1) is 11.6. The molecule has 0 aliphatic carbocycles. The van der Waals surface area contributed by atoms with E-state index in [1.165, 1.54) is 12.8 Å². The molecule has 0 radical (unpaired) electrons. The molecular formula is C11H17ClN4. The first-order valence-electron chi connectivity index (χ1n) is 5.68. The molecule has 5 heteroatoms. The van der Waals surface area contributed by atoms with Crippen molar-refractivity contribution in [3.63, 3.8) is 0 Å². The first-order valence-corrected chi connectivity index (χ1v) is 6.06. The maximum atomic E-state index is 5.95. The maximum absolute atomic E-state index is 5.95. The van der Waals surface area contributed by atoms with Gasteiger partial charge in [0.1, 0.15) is 5.15 Å². The lowest BCUT2D eigenvalue weighted by Gasteiger charge is -2.35. The average molecular weight is 241 g/mol. The molecule has 0 bridgehead atoms. The topological polar surface area (TPSA) is 55.0 Å². The third kappa shape index (κ3) is 2.44. The van der Waals surface area contributed by atoms with Gasteiger partial charge in [-0.2, -0.15) is 0 Å². The number of nitrogens with zero attached hydrogens (tertiary/aromatic N) is 3. The van der Waals surface area contributed by atoms with Crippen LogP contribution in [0.1, 0.15) is 25.0 Å². The van der Waals surface area contributed by atoms with E-state index in [0.717, 1.165) is 24.6 Å². The molecule has 1 aromatic rings. The predicted molar refractivity (Wildman–Crippen MR) is 65.8 cm³/mol. The minimum atomic E-state index is 0.353. The van der Waals surface area contributed by atoms with Gasteiger partial charge in [-0.3, -0.25) is 0 Å². The Kier molecular flexibility index (Phi) is 3.61. The van der Waals surface area contributed by atoms with Gasteiger partial charge in [-0.05, 0) is 32.3 Å². The minimum absolute atomic E-state index is 0.353. The van der Waals surface area contributed by atoms with E-state index in [0.29, 0.717) is 17.7 Å². The summed E-state index contributed by atoms with van der Waals surface area (Å²) in [4.78, 5) is 10.9. The largest absolute Gasteiger partial charge is 0.337 e. The highest BCUT2D eigenvalue weighted by atomic mass is 35.5. The monoisotopic (exact) mass is 240 g/mol. The van der Waals surface area contributed by atoms with E-state index in [1.807, 2.05) is 6.92 Å². The summed E-state index contributed by atoms with van der Waals surface area (Å²) in [5.41, 5.74) is 6.68. The lowest BCUT2D eigenvalue weighted by atomic mass is 10.0. The van der Waals surface area contributed by atoms with Crippen LogP contribution in [-0.4, -0.2) is 29.1 Å². The van der Waals surface area contributed by atoms with E-state index in [1.54, 1.807) is 6.07 Å². The number of anilines is 1. The molecule has 1 atom stereocenters. The molecule has 0 spiro atoms. The van der Waals surface area contributed by atoms with Crippen LogP contribution in [0.5, 0.6) is 0 Å². The Labute approximate surface area is 101 Å². The number of aromatic nitrogens is 2. The van der Waals surface area contributed by atoms with Gasteiger partial charge in [0.25, 0.3) is 0 Å². The van der Waals surface area contributed by atoms with E-state index in [4.69, 9.17) is 17.3 Å². The zero-order valence-corrected chi connectivity index (χ0v) is 10.2. The molecule has 4 nitrogen and oxygen atoms in total. The van der Waals surface area contributed by atoms with Crippen LogP contribution in [0.2, 0.25) is 5.15 Å². The third-order valence-electron chi connectivity index (χ3n) is 2.97. The number of halogens is 1. The highest BCUT2D eigenvalue weighted by Gasteiger charge is 2.23. The molecule has 16 heavy (non-hydrogen) atoms.